The van der Waals surface area contributed by atoms with Crippen LogP contribution < -0.4 is 20.3 Å². The Balaban J connectivity index is 1.16. The Morgan fingerprint density at radius 2 is 1.79 bits per heavy atom. The van der Waals surface area contributed by atoms with Gasteiger partial charge >= 0.3 is 0 Å². The van der Waals surface area contributed by atoms with E-state index in [9.17, 15) is 24.6 Å². The second-order valence-electron chi connectivity index (χ2n) is 17.4. The molecule has 2 bridgehead atoms. The van der Waals surface area contributed by atoms with Gasteiger partial charge in [-0.3, -0.25) is 19.2 Å². The molecule has 3 aromatic carbocycles. The molecule has 3 saturated carbocycles. The summed E-state index contributed by atoms with van der Waals surface area (Å²) < 4.78 is 6.10. The van der Waals surface area contributed by atoms with Crippen LogP contribution in [0.15, 0.2) is 66.7 Å². The van der Waals surface area contributed by atoms with Gasteiger partial charge in [0.2, 0.25) is 11.8 Å². The average molecular weight is 782 g/mol. The maximum Gasteiger partial charge on any atom is 0.254 e. The van der Waals surface area contributed by atoms with Crippen molar-refractivity contribution < 1.29 is 34.2 Å². The van der Waals surface area contributed by atoms with Crippen molar-refractivity contribution in [1.29, 1.82) is 0 Å². The second kappa shape index (κ2) is 16.4. The summed E-state index contributed by atoms with van der Waals surface area (Å²) in [6.07, 6.45) is 1.70. The molecular formula is C45H59N5O7. The van der Waals surface area contributed by atoms with E-state index in [1.165, 1.54) is 6.42 Å². The van der Waals surface area contributed by atoms with Gasteiger partial charge in [-0.15, -0.1) is 0 Å². The maximum atomic E-state index is 14.3. The molecule has 3 aromatic rings. The van der Waals surface area contributed by atoms with E-state index < -0.39 is 30.2 Å². The number of nitrogens with zero attached hydrogens (tertiary/aromatic N) is 3. The largest absolute Gasteiger partial charge is 0.496 e. The number of fused-ring (bicyclic) bond motifs is 2. The topological polar surface area (TPSA) is 144 Å². The highest BCUT2D eigenvalue weighted by atomic mass is 16.7. The standard InChI is InChI=1S/C45H59N5O7/c1-26-35-22-31(45(35,3)4)23-36(26)47-43(54)40-39(27(2)52)38(25-51)57-50(40)24-28-13-11-16-34(41(28)56-7)29-19-30(21-33(20-29)48(5)6)44(55)49-18-12-17-37(49)42(53)46-32-14-9-8-10-15-32/h8-11,13-16,19-21,26-27,31,35-40,51-52H,12,17-18,22-25H2,1-7H3,(H,46,53)(H,47,54)/t26-,27-,31+,35-,36-,37?,38-,39+,40-/m0/s1. The third-order valence-corrected chi connectivity index (χ3v) is 13.5. The summed E-state index contributed by atoms with van der Waals surface area (Å²) >= 11 is 0. The quantitative estimate of drug-likeness (QED) is 0.192. The SMILES string of the molecule is COc1c(CN2O[C@@H](CO)[C@@H]([C@H](C)O)[C@H]2C(=O)N[C@H]2C[C@H]3C[C@@H]([C@@H]2C)C3(C)C)cccc1-c1cc(C(=O)N2CCCC2C(=O)Nc2ccccc2)cc(N(C)C)c1. The molecule has 5 fully saturated rings. The zero-order valence-corrected chi connectivity index (χ0v) is 34.3. The number of aliphatic hydroxyl groups is 2. The molecule has 12 heteroatoms. The molecule has 0 aromatic heterocycles. The number of nitrogens with one attached hydrogen (secondary N) is 2. The van der Waals surface area contributed by atoms with Gasteiger partial charge in [0.15, 0.2) is 0 Å². The van der Waals surface area contributed by atoms with Crippen molar-refractivity contribution in [3.8, 4) is 16.9 Å². The number of aliphatic hydroxyl groups excluding tert-OH is 2. The minimum Gasteiger partial charge on any atom is -0.496 e. The number of amides is 3. The third-order valence-electron chi connectivity index (χ3n) is 13.5. The summed E-state index contributed by atoms with van der Waals surface area (Å²) in [6.45, 7) is 8.78. The van der Waals surface area contributed by atoms with Gasteiger partial charge in [-0.2, -0.15) is 5.06 Å². The number of anilines is 2. The Hall–Kier alpha value is -4.49. The molecular weight excluding hydrogens is 723 g/mol. The smallest absolute Gasteiger partial charge is 0.254 e. The van der Waals surface area contributed by atoms with Gasteiger partial charge in [-0.1, -0.05) is 57.2 Å². The summed E-state index contributed by atoms with van der Waals surface area (Å²) in [7, 11) is 5.42. The van der Waals surface area contributed by atoms with Crippen molar-refractivity contribution in [2.24, 2.45) is 29.1 Å². The number of hydroxylamine groups is 2. The number of hydrogen-bond donors (Lipinski definition) is 4. The molecule has 306 valence electrons. The minimum absolute atomic E-state index is 0.0202. The van der Waals surface area contributed by atoms with Crippen LogP contribution in [0.2, 0.25) is 0 Å². The van der Waals surface area contributed by atoms with E-state index in [-0.39, 0.29) is 42.3 Å². The van der Waals surface area contributed by atoms with Crippen molar-refractivity contribution in [2.75, 3.05) is 44.6 Å². The van der Waals surface area contributed by atoms with E-state index in [2.05, 4.69) is 31.4 Å². The fraction of sp³-hybridized carbons (Fsp3) is 0.533. The fourth-order valence-corrected chi connectivity index (χ4v) is 10.2. The van der Waals surface area contributed by atoms with Crippen molar-refractivity contribution in [3.63, 3.8) is 0 Å². The monoisotopic (exact) mass is 781 g/mol. The molecule has 3 aliphatic carbocycles. The molecule has 2 aliphatic heterocycles. The first-order valence-corrected chi connectivity index (χ1v) is 20.4. The number of ether oxygens (including phenoxy) is 1. The zero-order chi connectivity index (χ0) is 40.8. The number of likely N-dealkylation sites (tertiary alicyclic amines) is 1. The molecule has 12 nitrogen and oxygen atoms in total. The lowest BCUT2D eigenvalue weighted by Crippen LogP contribution is -2.62. The Morgan fingerprint density at radius 3 is 2.44 bits per heavy atom. The molecule has 3 amide bonds. The van der Waals surface area contributed by atoms with Crippen molar-refractivity contribution in [3.05, 3.63) is 77.9 Å². The molecule has 0 radical (unpaired) electrons. The molecule has 8 rings (SSSR count). The number of hydrogen-bond acceptors (Lipinski definition) is 9. The van der Waals surface area contributed by atoms with Crippen LogP contribution in [-0.2, 0) is 21.0 Å². The highest BCUT2D eigenvalue weighted by Crippen LogP contribution is 2.61. The van der Waals surface area contributed by atoms with E-state index in [1.54, 1.807) is 24.0 Å². The Kier molecular flexibility index (Phi) is 11.7. The highest BCUT2D eigenvalue weighted by Gasteiger charge is 2.57. The molecule has 1 unspecified atom stereocenters. The number of methoxy groups -OCH3 is 1. The summed E-state index contributed by atoms with van der Waals surface area (Å²) in [5, 5.41) is 29.3. The van der Waals surface area contributed by atoms with Crippen molar-refractivity contribution in [2.45, 2.75) is 90.3 Å². The molecule has 2 saturated heterocycles. The van der Waals surface area contributed by atoms with Gasteiger partial charge in [-0.05, 0) is 91.7 Å². The zero-order valence-electron chi connectivity index (χ0n) is 34.3. The highest BCUT2D eigenvalue weighted by molar-refractivity contribution is 6.02. The number of benzene rings is 3. The van der Waals surface area contributed by atoms with E-state index in [4.69, 9.17) is 9.57 Å². The van der Waals surface area contributed by atoms with Gasteiger partial charge in [0.25, 0.3) is 5.91 Å². The van der Waals surface area contributed by atoms with Crippen LogP contribution in [0.4, 0.5) is 11.4 Å². The normalized spacial score (nSPS) is 28.3. The second-order valence-corrected chi connectivity index (χ2v) is 17.4. The molecule has 57 heavy (non-hydrogen) atoms. The van der Waals surface area contributed by atoms with Gasteiger partial charge in [-0.25, -0.2) is 0 Å². The number of carbonyl (C=O) groups excluding carboxylic acids is 3. The Labute approximate surface area is 336 Å². The van der Waals surface area contributed by atoms with Gasteiger partial charge in [0.1, 0.15) is 23.9 Å². The molecule has 9 atom stereocenters. The van der Waals surface area contributed by atoms with Crippen LogP contribution in [0, 0.1) is 29.1 Å². The lowest BCUT2D eigenvalue weighted by Gasteiger charge is -2.62. The maximum absolute atomic E-state index is 14.3. The van der Waals surface area contributed by atoms with Crippen LogP contribution in [0.1, 0.15) is 69.3 Å². The van der Waals surface area contributed by atoms with E-state index in [1.807, 2.05) is 85.7 Å². The summed E-state index contributed by atoms with van der Waals surface area (Å²) in [6, 6.07) is 19.2. The molecule has 0 spiro atoms. The van der Waals surface area contributed by atoms with Crippen LogP contribution in [0.3, 0.4) is 0 Å². The first kappa shape index (κ1) is 40.7. The van der Waals surface area contributed by atoms with Gasteiger partial charge in [0, 0.05) is 60.7 Å². The van der Waals surface area contributed by atoms with Crippen LogP contribution in [0.25, 0.3) is 11.1 Å². The lowest BCUT2D eigenvalue weighted by molar-refractivity contribution is -0.183. The predicted molar refractivity (Wildman–Crippen MR) is 219 cm³/mol. The number of carbonyl (C=O) groups is 3. The van der Waals surface area contributed by atoms with E-state index in [0.717, 1.165) is 35.2 Å². The van der Waals surface area contributed by atoms with E-state index in [0.29, 0.717) is 47.7 Å². The Morgan fingerprint density at radius 1 is 1.04 bits per heavy atom. The minimum atomic E-state index is -0.920. The summed E-state index contributed by atoms with van der Waals surface area (Å²) in [4.78, 5) is 51.9. The predicted octanol–water partition coefficient (Wildman–Crippen LogP) is 5.33. The van der Waals surface area contributed by atoms with Gasteiger partial charge < -0.3 is 35.4 Å². The van der Waals surface area contributed by atoms with Crippen LogP contribution in [-0.4, -0.2) is 103 Å². The average Bonchev–Trinajstić information content (AvgIpc) is 3.84. The van der Waals surface area contributed by atoms with Crippen LogP contribution >= 0.6 is 0 Å². The summed E-state index contributed by atoms with van der Waals surface area (Å²) in [5.41, 5.74) is 4.41. The van der Waals surface area contributed by atoms with E-state index >= 15 is 0 Å². The van der Waals surface area contributed by atoms with Crippen LogP contribution in [0.5, 0.6) is 5.75 Å². The van der Waals surface area contributed by atoms with Crippen molar-refractivity contribution >= 4 is 29.1 Å². The van der Waals surface area contributed by atoms with Crippen molar-refractivity contribution in [1.82, 2.24) is 15.3 Å². The lowest BCUT2D eigenvalue weighted by atomic mass is 9.45. The molecule has 2 heterocycles. The molecule has 5 aliphatic rings. The Bertz CT molecular complexity index is 1950. The first-order chi connectivity index (χ1) is 27.2. The first-order valence-electron chi connectivity index (χ1n) is 20.4. The van der Waals surface area contributed by atoms with Gasteiger partial charge in [0.05, 0.1) is 26.4 Å². The fourth-order valence-electron chi connectivity index (χ4n) is 10.2. The number of para-hydroxylation sites is 2. The molecule has 4 N–H and O–H groups in total. The number of rotatable bonds is 12. The third kappa shape index (κ3) is 7.77. The summed E-state index contributed by atoms with van der Waals surface area (Å²) in [5.74, 6) is 0.634.